The standard InChI is InChI=1S/C18H26FNO/c1-3-4-5-6-8-15(2)21-14-17-10-11-18(19)13-16(17)9-7-12-20/h10-11,13,15H,3-6,8,12,14,20H2,1-2H3. The summed E-state index contributed by atoms with van der Waals surface area (Å²) in [5.41, 5.74) is 6.95. The number of unbranched alkanes of at least 4 members (excludes halogenated alkanes) is 3. The Morgan fingerprint density at radius 2 is 2.10 bits per heavy atom. The fraction of sp³-hybridized carbons (Fsp3) is 0.556. The molecule has 0 heterocycles. The molecule has 0 spiro atoms. The first-order valence-electron chi connectivity index (χ1n) is 7.76. The van der Waals surface area contributed by atoms with Crippen molar-refractivity contribution in [3.8, 4) is 11.8 Å². The van der Waals surface area contributed by atoms with Crippen LogP contribution in [0.4, 0.5) is 4.39 Å². The summed E-state index contributed by atoms with van der Waals surface area (Å²) in [6.07, 6.45) is 6.25. The molecule has 1 rings (SSSR count). The van der Waals surface area contributed by atoms with Gasteiger partial charge in [0, 0.05) is 5.56 Å². The highest BCUT2D eigenvalue weighted by Gasteiger charge is 2.06. The lowest BCUT2D eigenvalue weighted by atomic mass is 10.1. The van der Waals surface area contributed by atoms with E-state index in [1.54, 1.807) is 6.07 Å². The summed E-state index contributed by atoms with van der Waals surface area (Å²) in [7, 11) is 0. The predicted molar refractivity (Wildman–Crippen MR) is 85.3 cm³/mol. The quantitative estimate of drug-likeness (QED) is 0.580. The van der Waals surface area contributed by atoms with E-state index >= 15 is 0 Å². The zero-order valence-electron chi connectivity index (χ0n) is 13.1. The average Bonchev–Trinajstić information content (AvgIpc) is 2.48. The van der Waals surface area contributed by atoms with Crippen molar-refractivity contribution in [1.82, 2.24) is 0 Å². The second-order valence-electron chi connectivity index (χ2n) is 5.28. The molecule has 21 heavy (non-hydrogen) atoms. The molecule has 1 aromatic rings. The largest absolute Gasteiger partial charge is 0.374 e. The second kappa shape index (κ2) is 10.4. The zero-order chi connectivity index (χ0) is 15.5. The van der Waals surface area contributed by atoms with Crippen LogP contribution in [0.3, 0.4) is 0 Å². The minimum absolute atomic E-state index is 0.210. The molecule has 1 unspecified atom stereocenters. The molecule has 0 aliphatic carbocycles. The third kappa shape index (κ3) is 7.27. The topological polar surface area (TPSA) is 35.2 Å². The number of nitrogens with two attached hydrogens (primary N) is 1. The number of halogens is 1. The zero-order valence-corrected chi connectivity index (χ0v) is 13.1. The van der Waals surface area contributed by atoms with E-state index in [0.717, 1.165) is 12.0 Å². The number of ether oxygens (including phenoxy) is 1. The van der Waals surface area contributed by atoms with E-state index in [-0.39, 0.29) is 18.5 Å². The van der Waals surface area contributed by atoms with Crippen LogP contribution in [0.5, 0.6) is 0 Å². The Morgan fingerprint density at radius 3 is 2.81 bits per heavy atom. The first kappa shape index (κ1) is 17.7. The monoisotopic (exact) mass is 291 g/mol. The molecule has 1 aromatic carbocycles. The molecule has 0 aromatic heterocycles. The van der Waals surface area contributed by atoms with Gasteiger partial charge in [-0.2, -0.15) is 0 Å². The van der Waals surface area contributed by atoms with Crippen molar-refractivity contribution in [2.24, 2.45) is 5.73 Å². The minimum atomic E-state index is -0.285. The van der Waals surface area contributed by atoms with Gasteiger partial charge in [-0.1, -0.05) is 50.5 Å². The van der Waals surface area contributed by atoms with Crippen molar-refractivity contribution in [3.05, 3.63) is 35.1 Å². The van der Waals surface area contributed by atoms with Gasteiger partial charge in [0.15, 0.2) is 0 Å². The third-order valence-corrected chi connectivity index (χ3v) is 3.38. The van der Waals surface area contributed by atoms with E-state index in [1.807, 2.05) is 0 Å². The van der Waals surface area contributed by atoms with Gasteiger partial charge in [-0.25, -0.2) is 4.39 Å². The van der Waals surface area contributed by atoms with Crippen molar-refractivity contribution < 1.29 is 9.13 Å². The van der Waals surface area contributed by atoms with Gasteiger partial charge in [-0.3, -0.25) is 0 Å². The minimum Gasteiger partial charge on any atom is -0.374 e. The predicted octanol–water partition coefficient (Wildman–Crippen LogP) is 4.01. The molecule has 116 valence electrons. The Bertz CT molecular complexity index is 476. The Hall–Kier alpha value is -1.37. The van der Waals surface area contributed by atoms with Crippen LogP contribution in [0, 0.1) is 17.7 Å². The smallest absolute Gasteiger partial charge is 0.124 e. The van der Waals surface area contributed by atoms with Crippen LogP contribution in [0.1, 0.15) is 57.1 Å². The third-order valence-electron chi connectivity index (χ3n) is 3.38. The molecular formula is C18H26FNO. The highest BCUT2D eigenvalue weighted by atomic mass is 19.1. The van der Waals surface area contributed by atoms with E-state index in [2.05, 4.69) is 25.7 Å². The molecule has 2 nitrogen and oxygen atoms in total. The van der Waals surface area contributed by atoms with Gasteiger partial charge in [0.25, 0.3) is 0 Å². The van der Waals surface area contributed by atoms with Gasteiger partial charge in [0.1, 0.15) is 5.82 Å². The maximum atomic E-state index is 13.3. The Balaban J connectivity index is 2.50. The molecule has 0 amide bonds. The van der Waals surface area contributed by atoms with Gasteiger partial charge >= 0.3 is 0 Å². The highest BCUT2D eigenvalue weighted by molar-refractivity contribution is 5.41. The molecule has 0 bridgehead atoms. The van der Waals surface area contributed by atoms with E-state index < -0.39 is 0 Å². The highest BCUT2D eigenvalue weighted by Crippen LogP contribution is 2.14. The van der Waals surface area contributed by atoms with Gasteiger partial charge in [-0.15, -0.1) is 0 Å². The van der Waals surface area contributed by atoms with E-state index in [0.29, 0.717) is 12.2 Å². The van der Waals surface area contributed by atoms with Gasteiger partial charge in [-0.05, 0) is 31.0 Å². The Kier molecular flexibility index (Phi) is 8.73. The summed E-state index contributed by atoms with van der Waals surface area (Å²) in [5.74, 6) is 5.38. The van der Waals surface area contributed by atoms with E-state index in [9.17, 15) is 4.39 Å². The molecule has 0 fully saturated rings. The van der Waals surface area contributed by atoms with Crippen molar-refractivity contribution >= 4 is 0 Å². The maximum absolute atomic E-state index is 13.3. The average molecular weight is 291 g/mol. The second-order valence-corrected chi connectivity index (χ2v) is 5.28. The molecular weight excluding hydrogens is 265 g/mol. The molecule has 3 heteroatoms. The van der Waals surface area contributed by atoms with Gasteiger partial charge in [0.2, 0.25) is 0 Å². The van der Waals surface area contributed by atoms with Crippen LogP contribution in [0.2, 0.25) is 0 Å². The number of benzene rings is 1. The molecule has 0 radical (unpaired) electrons. The van der Waals surface area contributed by atoms with Crippen molar-refractivity contribution in [3.63, 3.8) is 0 Å². The van der Waals surface area contributed by atoms with Gasteiger partial charge in [0.05, 0.1) is 19.3 Å². The summed E-state index contributed by atoms with van der Waals surface area (Å²) in [6, 6.07) is 4.62. The van der Waals surface area contributed by atoms with E-state index in [1.165, 1.54) is 37.8 Å². The first-order valence-corrected chi connectivity index (χ1v) is 7.76. The van der Waals surface area contributed by atoms with Crippen LogP contribution in [0.25, 0.3) is 0 Å². The molecule has 0 aliphatic heterocycles. The summed E-state index contributed by atoms with van der Waals surface area (Å²) in [4.78, 5) is 0. The fourth-order valence-electron chi connectivity index (χ4n) is 2.11. The lowest BCUT2D eigenvalue weighted by Crippen LogP contribution is -2.09. The maximum Gasteiger partial charge on any atom is 0.124 e. The van der Waals surface area contributed by atoms with Crippen LogP contribution < -0.4 is 5.73 Å². The summed E-state index contributed by atoms with van der Waals surface area (Å²) in [6.45, 7) is 5.02. The Morgan fingerprint density at radius 1 is 1.29 bits per heavy atom. The number of hydrogen-bond donors (Lipinski definition) is 1. The van der Waals surface area contributed by atoms with Crippen LogP contribution in [-0.2, 0) is 11.3 Å². The van der Waals surface area contributed by atoms with Crippen molar-refractivity contribution in [1.29, 1.82) is 0 Å². The molecule has 2 N–H and O–H groups in total. The number of rotatable bonds is 8. The van der Waals surface area contributed by atoms with E-state index in [4.69, 9.17) is 10.5 Å². The number of hydrogen-bond acceptors (Lipinski definition) is 2. The molecule has 0 saturated heterocycles. The lowest BCUT2D eigenvalue weighted by Gasteiger charge is -2.14. The van der Waals surface area contributed by atoms with Crippen LogP contribution in [-0.4, -0.2) is 12.6 Å². The molecule has 0 aliphatic rings. The summed E-state index contributed by atoms with van der Waals surface area (Å²) < 4.78 is 19.1. The molecule has 0 saturated carbocycles. The SMILES string of the molecule is CCCCCCC(C)OCc1ccc(F)cc1C#CCN. The van der Waals surface area contributed by atoms with Crippen molar-refractivity contribution in [2.45, 2.75) is 58.7 Å². The normalized spacial score (nSPS) is 11.8. The molecule has 1 atom stereocenters. The Labute approximate surface area is 127 Å². The summed E-state index contributed by atoms with van der Waals surface area (Å²) >= 11 is 0. The van der Waals surface area contributed by atoms with Crippen LogP contribution >= 0.6 is 0 Å². The fourth-order valence-corrected chi connectivity index (χ4v) is 2.11. The van der Waals surface area contributed by atoms with Gasteiger partial charge < -0.3 is 10.5 Å². The van der Waals surface area contributed by atoms with Crippen molar-refractivity contribution in [2.75, 3.05) is 6.54 Å². The summed E-state index contributed by atoms with van der Waals surface area (Å²) in [5, 5.41) is 0. The van der Waals surface area contributed by atoms with Crippen LogP contribution in [0.15, 0.2) is 18.2 Å². The lowest BCUT2D eigenvalue weighted by molar-refractivity contribution is 0.0457. The first-order chi connectivity index (χ1) is 10.2.